The molecule has 1 amide bonds. The van der Waals surface area contributed by atoms with E-state index in [0.29, 0.717) is 28.4 Å². The topological polar surface area (TPSA) is 84.9 Å². The molecule has 0 spiro atoms. The van der Waals surface area contributed by atoms with E-state index in [1.54, 1.807) is 68.4 Å². The van der Waals surface area contributed by atoms with Crippen LogP contribution in [0.4, 0.5) is 11.4 Å². The number of anilines is 2. The Morgan fingerprint density at radius 2 is 1.62 bits per heavy atom. The van der Waals surface area contributed by atoms with E-state index in [0.717, 1.165) is 0 Å². The van der Waals surface area contributed by atoms with Gasteiger partial charge >= 0.3 is 0 Å². The summed E-state index contributed by atoms with van der Waals surface area (Å²) < 4.78 is 38.7. The van der Waals surface area contributed by atoms with E-state index in [2.05, 4.69) is 5.32 Å². The molecule has 7 nitrogen and oxygen atoms in total. The second-order valence-electron chi connectivity index (χ2n) is 7.01. The number of para-hydroxylation sites is 1. The maximum atomic E-state index is 13.4. The van der Waals surface area contributed by atoms with Crippen LogP contribution in [0.2, 0.25) is 0 Å². The van der Waals surface area contributed by atoms with Gasteiger partial charge in [-0.15, -0.1) is 0 Å². The first-order valence-corrected chi connectivity index (χ1v) is 11.5. The van der Waals surface area contributed by atoms with Gasteiger partial charge in [0.15, 0.2) is 11.5 Å². The summed E-state index contributed by atoms with van der Waals surface area (Å²) >= 11 is 0. The summed E-state index contributed by atoms with van der Waals surface area (Å²) in [6.07, 6.45) is 0. The van der Waals surface area contributed by atoms with Crippen molar-refractivity contribution in [3.05, 3.63) is 77.9 Å². The molecular formula is C24H26N2O5S. The fraction of sp³-hybridized carbons (Fsp3) is 0.208. The number of hydrogen-bond acceptors (Lipinski definition) is 5. The number of hydrogen-bond donors (Lipinski definition) is 1. The van der Waals surface area contributed by atoms with Gasteiger partial charge < -0.3 is 14.8 Å². The van der Waals surface area contributed by atoms with Gasteiger partial charge in [0, 0.05) is 23.9 Å². The summed E-state index contributed by atoms with van der Waals surface area (Å²) in [4.78, 5) is 13.0. The van der Waals surface area contributed by atoms with Gasteiger partial charge in [0.1, 0.15) is 0 Å². The molecule has 0 heterocycles. The quantitative estimate of drug-likeness (QED) is 0.542. The highest BCUT2D eigenvalue weighted by molar-refractivity contribution is 7.92. The lowest BCUT2D eigenvalue weighted by molar-refractivity contribution is 0.102. The van der Waals surface area contributed by atoms with Crippen LogP contribution in [-0.4, -0.2) is 35.1 Å². The van der Waals surface area contributed by atoms with E-state index < -0.39 is 15.9 Å². The van der Waals surface area contributed by atoms with Crippen LogP contribution in [0.3, 0.4) is 0 Å². The zero-order chi connectivity index (χ0) is 23.3. The number of aryl methyl sites for hydroxylation is 1. The van der Waals surface area contributed by atoms with Crippen molar-refractivity contribution in [1.29, 1.82) is 0 Å². The van der Waals surface area contributed by atoms with Crippen LogP contribution in [-0.2, 0) is 10.0 Å². The minimum Gasteiger partial charge on any atom is -0.493 e. The third-order valence-electron chi connectivity index (χ3n) is 4.99. The molecule has 0 saturated carbocycles. The van der Waals surface area contributed by atoms with E-state index in [1.165, 1.54) is 24.6 Å². The first-order valence-electron chi connectivity index (χ1n) is 10.0. The number of carbonyl (C=O) groups is 1. The first-order chi connectivity index (χ1) is 15.3. The lowest BCUT2D eigenvalue weighted by Gasteiger charge is -2.24. The molecule has 0 aliphatic rings. The number of amides is 1. The molecule has 0 atom stereocenters. The van der Waals surface area contributed by atoms with Gasteiger partial charge in [-0.05, 0) is 55.8 Å². The molecule has 3 aromatic rings. The number of nitrogens with one attached hydrogen (secondary N) is 1. The lowest BCUT2D eigenvalue weighted by Crippen LogP contribution is -2.31. The number of benzene rings is 3. The Morgan fingerprint density at radius 3 is 2.25 bits per heavy atom. The molecule has 32 heavy (non-hydrogen) atoms. The standard InChI is InChI=1S/C24H26N2O5S/c1-5-26(20-9-7-6-8-10-20)32(28,29)23-15-18(12-11-17(23)2)24(27)25-19-13-14-21(30-3)22(16-19)31-4/h6-16H,5H2,1-4H3,(H,25,27). The highest BCUT2D eigenvalue weighted by atomic mass is 32.2. The second kappa shape index (κ2) is 9.74. The van der Waals surface area contributed by atoms with Gasteiger partial charge in [0.2, 0.25) is 0 Å². The minimum atomic E-state index is -3.87. The Bertz CT molecular complexity index is 1210. The smallest absolute Gasteiger partial charge is 0.264 e. The van der Waals surface area contributed by atoms with Crippen LogP contribution in [0.25, 0.3) is 0 Å². The summed E-state index contributed by atoms with van der Waals surface area (Å²) in [5, 5.41) is 2.77. The molecule has 0 aliphatic heterocycles. The van der Waals surface area contributed by atoms with Crippen LogP contribution in [0.5, 0.6) is 11.5 Å². The predicted octanol–water partition coefficient (Wildman–Crippen LogP) is 4.48. The predicted molar refractivity (Wildman–Crippen MR) is 125 cm³/mol. The molecule has 0 unspecified atom stereocenters. The number of rotatable bonds is 8. The van der Waals surface area contributed by atoms with Crippen molar-refractivity contribution in [1.82, 2.24) is 0 Å². The molecule has 168 valence electrons. The van der Waals surface area contributed by atoms with Crippen LogP contribution >= 0.6 is 0 Å². The molecular weight excluding hydrogens is 428 g/mol. The van der Waals surface area contributed by atoms with Gasteiger partial charge in [-0.2, -0.15) is 0 Å². The van der Waals surface area contributed by atoms with Crippen molar-refractivity contribution in [3.8, 4) is 11.5 Å². The van der Waals surface area contributed by atoms with Crippen molar-refractivity contribution in [2.45, 2.75) is 18.7 Å². The van der Waals surface area contributed by atoms with Gasteiger partial charge in [0.25, 0.3) is 15.9 Å². The van der Waals surface area contributed by atoms with Gasteiger partial charge in [-0.25, -0.2) is 8.42 Å². The number of carbonyl (C=O) groups excluding carboxylic acids is 1. The van der Waals surface area contributed by atoms with Crippen molar-refractivity contribution < 1.29 is 22.7 Å². The molecule has 0 radical (unpaired) electrons. The van der Waals surface area contributed by atoms with Gasteiger partial charge in [-0.3, -0.25) is 9.10 Å². The van der Waals surface area contributed by atoms with E-state index in [4.69, 9.17) is 9.47 Å². The van der Waals surface area contributed by atoms with Crippen LogP contribution in [0.1, 0.15) is 22.8 Å². The minimum absolute atomic E-state index is 0.0863. The van der Waals surface area contributed by atoms with Crippen LogP contribution in [0.15, 0.2) is 71.6 Å². The molecule has 0 aliphatic carbocycles. The lowest BCUT2D eigenvalue weighted by atomic mass is 10.1. The van der Waals surface area contributed by atoms with E-state index in [-0.39, 0.29) is 17.0 Å². The molecule has 0 fully saturated rings. The molecule has 0 saturated heterocycles. The molecule has 3 rings (SSSR count). The summed E-state index contributed by atoms with van der Waals surface area (Å²) in [6, 6.07) is 18.5. The summed E-state index contributed by atoms with van der Waals surface area (Å²) in [7, 11) is -0.833. The summed E-state index contributed by atoms with van der Waals surface area (Å²) in [5.41, 5.74) is 1.85. The monoisotopic (exact) mass is 454 g/mol. The molecule has 1 N–H and O–H groups in total. The van der Waals surface area contributed by atoms with E-state index in [1.807, 2.05) is 6.07 Å². The zero-order valence-corrected chi connectivity index (χ0v) is 19.3. The highest BCUT2D eigenvalue weighted by Gasteiger charge is 2.26. The largest absolute Gasteiger partial charge is 0.493 e. The number of ether oxygens (including phenoxy) is 2. The van der Waals surface area contributed by atoms with Crippen molar-refractivity contribution >= 4 is 27.3 Å². The third kappa shape index (κ3) is 4.70. The van der Waals surface area contributed by atoms with Gasteiger partial charge in [-0.1, -0.05) is 24.3 Å². The SMILES string of the molecule is CCN(c1ccccc1)S(=O)(=O)c1cc(C(=O)Nc2ccc(OC)c(OC)c2)ccc1C. The van der Waals surface area contributed by atoms with E-state index >= 15 is 0 Å². The zero-order valence-electron chi connectivity index (χ0n) is 18.5. The maximum Gasteiger partial charge on any atom is 0.264 e. The number of methoxy groups -OCH3 is 2. The molecule has 0 aromatic heterocycles. The van der Waals surface area contributed by atoms with Gasteiger partial charge in [0.05, 0.1) is 24.8 Å². The van der Waals surface area contributed by atoms with Crippen LogP contribution < -0.4 is 19.1 Å². The molecule has 8 heteroatoms. The van der Waals surface area contributed by atoms with Crippen LogP contribution in [0, 0.1) is 6.92 Å². The van der Waals surface area contributed by atoms with Crippen molar-refractivity contribution in [2.24, 2.45) is 0 Å². The average molecular weight is 455 g/mol. The fourth-order valence-electron chi connectivity index (χ4n) is 3.34. The Kier molecular flexibility index (Phi) is 7.05. The molecule has 3 aromatic carbocycles. The Labute approximate surface area is 188 Å². The summed E-state index contributed by atoms with van der Waals surface area (Å²) in [6.45, 7) is 3.74. The number of nitrogens with zero attached hydrogens (tertiary/aromatic N) is 1. The number of sulfonamides is 1. The maximum absolute atomic E-state index is 13.4. The Morgan fingerprint density at radius 1 is 0.938 bits per heavy atom. The average Bonchev–Trinajstić information content (AvgIpc) is 2.80. The molecule has 0 bridgehead atoms. The summed E-state index contributed by atoms with van der Waals surface area (Å²) in [5.74, 6) is 0.574. The van der Waals surface area contributed by atoms with Crippen molar-refractivity contribution in [3.63, 3.8) is 0 Å². The second-order valence-corrected chi connectivity index (χ2v) is 8.84. The normalized spacial score (nSPS) is 11.0. The highest BCUT2D eigenvalue weighted by Crippen LogP contribution is 2.30. The Balaban J connectivity index is 1.94. The van der Waals surface area contributed by atoms with E-state index in [9.17, 15) is 13.2 Å². The third-order valence-corrected chi connectivity index (χ3v) is 7.04. The Hall–Kier alpha value is -3.52. The fourth-order valence-corrected chi connectivity index (χ4v) is 5.07. The first kappa shape index (κ1) is 23.1. The van der Waals surface area contributed by atoms with Crippen molar-refractivity contribution in [2.75, 3.05) is 30.4 Å².